The topological polar surface area (TPSA) is 282 Å². The molecule has 100 heavy (non-hydrogen) atoms. The Morgan fingerprint density at radius 2 is 0.200 bits per heavy atom. The van der Waals surface area contributed by atoms with Crippen molar-refractivity contribution in [2.24, 2.45) is 0 Å². The third kappa shape index (κ3) is 247. The molecule has 0 saturated heterocycles. The van der Waals surface area contributed by atoms with Crippen LogP contribution in [-0.2, 0) is 24.9 Å². The van der Waals surface area contributed by atoms with Gasteiger partial charge in [-0.2, -0.15) is 0 Å². The Hall–Kier alpha value is 78.6. The molecular formula is C30H65K50N10O10+55. The summed E-state index contributed by atoms with van der Waals surface area (Å²) in [5, 5.41) is 40.6. The van der Waals surface area contributed by atoms with Crippen molar-refractivity contribution in [3.8, 4) is 0 Å². The van der Waals surface area contributed by atoms with Gasteiger partial charge in [0.05, 0.1) is 0 Å². The van der Waals surface area contributed by atoms with Crippen molar-refractivity contribution >= 4 is 0 Å². The zero-order chi connectivity index (χ0) is 37.0. The minimum atomic E-state index is 0. The largest absolute Gasteiger partial charge is 1.00 e. The van der Waals surface area contributed by atoms with Crippen LogP contribution >= 0.6 is 0 Å². The van der Waals surface area contributed by atoms with Crippen LogP contribution in [0.1, 0.15) is 161 Å². The Balaban J connectivity index is -0.00000000579. The molecule has 70 heteroatoms. The van der Waals surface area contributed by atoms with Crippen molar-refractivity contribution in [3.05, 3.63) is 0 Å². The summed E-state index contributed by atoms with van der Waals surface area (Å²) in [6, 6.07) is 0.480. The van der Waals surface area contributed by atoms with E-state index in [-0.39, 0.29) is 2600 Å². The predicted molar refractivity (Wildman–Crippen MR) is 168 cm³/mol. The van der Waals surface area contributed by atoms with Crippen LogP contribution in [-0.4, -0.2) is 80.8 Å². The molecule has 0 atom stereocenters. The van der Waals surface area contributed by atoms with Gasteiger partial charge in [-0.25, -0.2) is 0 Å². The van der Waals surface area contributed by atoms with E-state index in [9.17, 15) is 0 Å². The Kier molecular flexibility index (Phi) is 982. The maximum Gasteiger partial charge on any atom is 1.00 e. The molecule has 5 aliphatic carbocycles. The monoisotopic (exact) mass is 2670 g/mol. The number of hydroxylamine groups is 5. The number of rotatable bonds is 10. The van der Waals surface area contributed by atoms with Gasteiger partial charge >= 0.3 is 2570 Å². The Bertz CT molecular complexity index is 879. The second kappa shape index (κ2) is 288. The Morgan fingerprint density at radius 3 is 0.250 bits per heavy atom. The summed E-state index contributed by atoms with van der Waals surface area (Å²) >= 11 is 0. The van der Waals surface area contributed by atoms with Crippen LogP contribution in [0, 0.1) is 27.7 Å². The van der Waals surface area contributed by atoms with Crippen LogP contribution in [0.5, 0.6) is 0 Å². The fraction of sp³-hybridized carbons (Fsp3) is 1.00. The van der Waals surface area contributed by atoms with Crippen LogP contribution in [0.2, 0.25) is 0 Å². The standard InChI is InChI=1S/5C6H12N2O2.50K/c5*7-8(10-9)6-4-2-1-3-5-6;;;;;;;;;;;;;;;;;;;;;;;;;;;;;;;;;;;;;;;;;;;;;;;;;;/h5*6-7H,1-5H2;;;;;;;;;;;;;;;;;;;;;;;;;;;;;;;;;;;;;;;;;;;;;;;;;;/q;;;;;50*+1/p+5. The number of hydrogen-bond acceptors (Lipinski definition) is 15. The van der Waals surface area contributed by atoms with Crippen molar-refractivity contribution in [1.29, 1.82) is 27.7 Å². The van der Waals surface area contributed by atoms with E-state index in [4.69, 9.17) is 53.9 Å². The van der Waals surface area contributed by atoms with Crippen LogP contribution in [0.25, 0.3) is 0 Å². The molecule has 5 saturated carbocycles. The maximum absolute atomic E-state index is 8.13. The first-order chi connectivity index (χ1) is 24.2. The van der Waals surface area contributed by atoms with E-state index in [1.54, 1.807) is 0 Å². The minimum absolute atomic E-state index is 0. The van der Waals surface area contributed by atoms with Gasteiger partial charge in [0, 0.05) is 64.2 Å². The van der Waals surface area contributed by atoms with E-state index >= 15 is 0 Å². The fourth-order valence-electron chi connectivity index (χ4n) is 6.91. The van der Waals surface area contributed by atoms with Gasteiger partial charge < -0.3 is 0 Å². The summed E-state index contributed by atoms with van der Waals surface area (Å²) < 4.78 is 0. The van der Waals surface area contributed by atoms with Crippen molar-refractivity contribution in [3.63, 3.8) is 0 Å². The first kappa shape index (κ1) is 341. The molecular weight excluding hydrogens is 2620 g/mol. The van der Waals surface area contributed by atoms with Gasteiger partial charge in [0.1, 0.15) is 24.3 Å². The predicted octanol–water partition coefficient (Wildman–Crippen LogP) is -141. The van der Waals surface area contributed by atoms with Crippen molar-refractivity contribution < 1.29 is 2640 Å². The number of nitrogens with zero attached hydrogens (tertiary/aromatic N) is 5. The zero-order valence-corrected chi connectivity index (χ0v) is 236. The fourth-order valence-corrected chi connectivity index (χ4v) is 6.91. The van der Waals surface area contributed by atoms with E-state index in [1.807, 2.05) is 0 Å². The van der Waals surface area contributed by atoms with Crippen LogP contribution in [0.3, 0.4) is 0 Å². The Labute approximate surface area is 2740 Å². The van der Waals surface area contributed by atoms with E-state index in [1.165, 1.54) is 32.1 Å². The summed E-state index contributed by atoms with van der Waals surface area (Å²) in [6.45, 7) is 0. The van der Waals surface area contributed by atoms with Crippen molar-refractivity contribution in [2.45, 2.75) is 191 Å². The second-order valence-electron chi connectivity index (χ2n) is 13.5. The molecule has 0 aromatic carbocycles. The van der Waals surface area contributed by atoms with Crippen molar-refractivity contribution in [1.82, 2.24) is 0 Å². The third-order valence-electron chi connectivity index (χ3n) is 9.97. The smallest absolute Gasteiger partial charge is 0.141 e. The normalized spacial score (nSPS) is 10.2. The van der Waals surface area contributed by atoms with E-state index in [0.717, 1.165) is 153 Å². The molecule has 0 aromatic rings. The van der Waals surface area contributed by atoms with E-state index < -0.39 is 0 Å². The molecule has 0 radical (unpaired) electrons. The molecule has 0 unspecified atom stereocenters. The molecule has 0 amide bonds. The van der Waals surface area contributed by atoms with E-state index in [0.29, 0.717) is 0 Å². The molecule has 20 nitrogen and oxygen atoms in total. The van der Waals surface area contributed by atoms with Gasteiger partial charge in [0.2, 0.25) is 30.2 Å². The van der Waals surface area contributed by atoms with Crippen LogP contribution in [0.15, 0.2) is 0 Å². The molecule has 10 N–H and O–H groups in total. The second-order valence-corrected chi connectivity index (χ2v) is 13.5. The SMILES string of the molecule is N=[N+](OO)C1CCCCC1.N=[N+](OO)C1CCCCC1.N=[N+](OO)C1CCCCC1.N=[N+](OO)C1CCCCC1.N=[N+](OO)C1CCCCC1.[K+].[K+].[K+].[K+].[K+].[K+].[K+].[K+].[K+].[K+].[K+].[K+].[K+].[K+].[K+].[K+].[K+].[K+].[K+].[K+].[K+].[K+].[K+].[K+].[K+].[K+].[K+].[K+].[K+].[K+].[K+].[K+].[K+].[K+].[K+].[K+].[K+].[K+].[K+].[K+].[K+].[K+].[K+].[K+].[K+].[K+].[K+].[K+].[K+].[K+]. The quantitative estimate of drug-likeness (QED) is 0.0325. The molecule has 0 aromatic heterocycles. The molecule has 5 rings (SSSR count). The zero-order valence-electron chi connectivity index (χ0n) is 79.6. The first-order valence-corrected chi connectivity index (χ1v) is 18.3. The molecule has 290 valence electrons. The van der Waals surface area contributed by atoms with Gasteiger partial charge in [-0.3, -0.25) is 0 Å². The molecule has 0 bridgehead atoms. The Morgan fingerprint density at radius 1 is 0.140 bits per heavy atom. The van der Waals surface area contributed by atoms with Crippen molar-refractivity contribution in [2.75, 3.05) is 0 Å². The molecule has 5 aliphatic rings. The molecule has 5 fully saturated rings. The van der Waals surface area contributed by atoms with Gasteiger partial charge in [-0.15, -0.1) is 26.3 Å². The maximum atomic E-state index is 8.13. The van der Waals surface area contributed by atoms with Crippen LogP contribution in [0.4, 0.5) is 0 Å². The number of hydrogen-bond donors (Lipinski definition) is 10. The average molecular weight is 2680 g/mol. The van der Waals surface area contributed by atoms with Crippen LogP contribution < -0.4 is 2570 Å². The summed E-state index contributed by atoms with van der Waals surface area (Å²) in [6.07, 6.45) is 27.3. The van der Waals surface area contributed by atoms with Gasteiger partial charge in [0.15, 0.2) is 0 Å². The first-order valence-electron chi connectivity index (χ1n) is 18.3. The number of nitrogens with one attached hydrogen (secondary N) is 5. The third-order valence-corrected chi connectivity index (χ3v) is 9.97. The summed E-state index contributed by atoms with van der Waals surface area (Å²) in [4.78, 5) is 22.9. The van der Waals surface area contributed by atoms with E-state index in [2.05, 4.69) is 24.9 Å². The minimum Gasteiger partial charge on any atom is -0.141 e. The summed E-state index contributed by atoms with van der Waals surface area (Å²) in [5.74, 6) is 0. The summed E-state index contributed by atoms with van der Waals surface area (Å²) in [7, 11) is 0. The summed E-state index contributed by atoms with van der Waals surface area (Å²) in [5.41, 5.74) is 35.4. The molecule has 0 spiro atoms. The molecule has 0 heterocycles. The average Bonchev–Trinajstić information content (AvgIpc) is 3.21. The van der Waals surface area contributed by atoms with Gasteiger partial charge in [-0.05, 0) is 91.9 Å². The molecule has 0 aliphatic heterocycles. The van der Waals surface area contributed by atoms with Gasteiger partial charge in [-0.1, -0.05) is 57.0 Å². The van der Waals surface area contributed by atoms with Gasteiger partial charge in [0.25, 0.3) is 0 Å².